The summed E-state index contributed by atoms with van der Waals surface area (Å²) in [6, 6.07) is 10.4. The highest BCUT2D eigenvalue weighted by Crippen LogP contribution is 2.28. The van der Waals surface area contributed by atoms with Crippen LogP contribution in [-0.4, -0.2) is 12.9 Å². The van der Waals surface area contributed by atoms with Crippen molar-refractivity contribution in [2.24, 2.45) is 0 Å². The lowest BCUT2D eigenvalue weighted by Crippen LogP contribution is -2.04. The van der Waals surface area contributed by atoms with Crippen molar-refractivity contribution in [1.82, 2.24) is 0 Å². The van der Waals surface area contributed by atoms with Gasteiger partial charge >= 0.3 is 0 Å². The first-order valence-electron chi connectivity index (χ1n) is 5.36. The molecule has 0 saturated carbocycles. The van der Waals surface area contributed by atoms with Crippen LogP contribution in [0.2, 0.25) is 5.02 Å². The average molecular weight is 404 g/mol. The van der Waals surface area contributed by atoms with E-state index in [0.29, 0.717) is 21.9 Å². The Labute approximate surface area is 133 Å². The molecule has 2 nitrogen and oxygen atoms in total. The molecule has 0 fully saturated rings. The summed E-state index contributed by atoms with van der Waals surface area (Å²) in [5.74, 6) is 0.403. The molecule has 2 aromatic rings. The van der Waals surface area contributed by atoms with Crippen molar-refractivity contribution < 1.29 is 9.53 Å². The van der Waals surface area contributed by atoms with E-state index in [4.69, 9.17) is 16.3 Å². The van der Waals surface area contributed by atoms with Crippen molar-refractivity contribution in [3.63, 3.8) is 0 Å². The molecule has 0 N–H and O–H groups in total. The van der Waals surface area contributed by atoms with Gasteiger partial charge in [0.15, 0.2) is 5.78 Å². The number of carbonyl (C=O) groups excluding carboxylic acids is 1. The quantitative estimate of drug-likeness (QED) is 0.665. The second-order valence-electron chi connectivity index (χ2n) is 3.80. The number of carbonyl (C=O) groups is 1. The number of ketones is 1. The summed E-state index contributed by atoms with van der Waals surface area (Å²) in [7, 11) is 1.54. The molecule has 0 saturated heterocycles. The fourth-order valence-corrected chi connectivity index (χ4v) is 2.44. The van der Waals surface area contributed by atoms with Gasteiger partial charge < -0.3 is 4.74 Å². The van der Waals surface area contributed by atoms with Crippen LogP contribution in [0.15, 0.2) is 45.3 Å². The number of hydrogen-bond acceptors (Lipinski definition) is 2. The molecule has 2 rings (SSSR count). The van der Waals surface area contributed by atoms with Crippen LogP contribution in [0, 0.1) is 0 Å². The van der Waals surface area contributed by atoms with Gasteiger partial charge in [-0.25, -0.2) is 0 Å². The maximum atomic E-state index is 12.5. The molecule has 0 spiro atoms. The van der Waals surface area contributed by atoms with Crippen LogP contribution in [0.1, 0.15) is 15.9 Å². The molecule has 5 heteroatoms. The molecule has 0 aliphatic heterocycles. The number of benzene rings is 2. The Kier molecular flexibility index (Phi) is 4.66. The van der Waals surface area contributed by atoms with Gasteiger partial charge in [0.25, 0.3) is 0 Å². The van der Waals surface area contributed by atoms with Crippen LogP contribution in [0.3, 0.4) is 0 Å². The minimum atomic E-state index is -0.132. The van der Waals surface area contributed by atoms with E-state index in [1.165, 1.54) is 7.11 Å². The van der Waals surface area contributed by atoms with Gasteiger partial charge in [0.1, 0.15) is 5.75 Å². The molecular weight excluding hydrogens is 395 g/mol. The first-order chi connectivity index (χ1) is 9.02. The monoisotopic (exact) mass is 402 g/mol. The number of halogens is 3. The molecule has 0 bridgehead atoms. The van der Waals surface area contributed by atoms with Crippen LogP contribution in [0.5, 0.6) is 5.75 Å². The summed E-state index contributed by atoms with van der Waals surface area (Å²) in [5, 5.41) is 0.500. The zero-order chi connectivity index (χ0) is 14.0. The molecule has 0 unspecified atom stereocenters. The van der Waals surface area contributed by atoms with E-state index in [9.17, 15) is 4.79 Å². The fourth-order valence-electron chi connectivity index (χ4n) is 1.65. The lowest BCUT2D eigenvalue weighted by atomic mass is 10.0. The Morgan fingerprint density at radius 1 is 1.16 bits per heavy atom. The fraction of sp³-hybridized carbons (Fsp3) is 0.0714. The Hall–Kier alpha value is -0.840. The van der Waals surface area contributed by atoms with Crippen LogP contribution >= 0.6 is 43.5 Å². The smallest absolute Gasteiger partial charge is 0.196 e. The second kappa shape index (κ2) is 6.07. The van der Waals surface area contributed by atoms with Gasteiger partial charge in [-0.15, -0.1) is 0 Å². The number of methoxy groups -OCH3 is 1. The highest BCUT2D eigenvalue weighted by Gasteiger charge is 2.15. The van der Waals surface area contributed by atoms with Gasteiger partial charge in [-0.3, -0.25) is 4.79 Å². The Morgan fingerprint density at radius 3 is 2.53 bits per heavy atom. The topological polar surface area (TPSA) is 26.3 Å². The largest absolute Gasteiger partial charge is 0.496 e. The highest BCUT2D eigenvalue weighted by atomic mass is 79.9. The molecule has 0 aliphatic rings. The van der Waals surface area contributed by atoms with Crippen molar-refractivity contribution in [2.45, 2.75) is 0 Å². The second-order valence-corrected chi connectivity index (χ2v) is 5.98. The Morgan fingerprint density at radius 2 is 1.89 bits per heavy atom. The first-order valence-corrected chi connectivity index (χ1v) is 7.32. The maximum absolute atomic E-state index is 12.5. The summed E-state index contributed by atoms with van der Waals surface area (Å²) >= 11 is 12.7. The molecule has 2 aromatic carbocycles. The molecule has 0 amide bonds. The standard InChI is InChI=1S/C14H9Br2ClO2/c1-19-13-5-3-9(15)7-10(13)14(18)8-2-4-11(16)12(17)6-8/h2-7H,1H3. The van der Waals surface area contributed by atoms with Crippen molar-refractivity contribution in [1.29, 1.82) is 0 Å². The molecule has 98 valence electrons. The van der Waals surface area contributed by atoms with E-state index in [0.717, 1.165) is 8.95 Å². The van der Waals surface area contributed by atoms with Gasteiger partial charge in [-0.2, -0.15) is 0 Å². The summed E-state index contributed by atoms with van der Waals surface area (Å²) < 4.78 is 6.79. The van der Waals surface area contributed by atoms with E-state index >= 15 is 0 Å². The molecule has 0 heterocycles. The van der Waals surface area contributed by atoms with E-state index < -0.39 is 0 Å². The van der Waals surface area contributed by atoms with Crippen molar-refractivity contribution in [3.05, 3.63) is 61.5 Å². The predicted octanol–water partition coefficient (Wildman–Crippen LogP) is 5.10. The molecule has 19 heavy (non-hydrogen) atoms. The SMILES string of the molecule is COc1ccc(Br)cc1C(=O)c1ccc(Br)c(Cl)c1. The molecule has 0 aromatic heterocycles. The third-order valence-electron chi connectivity index (χ3n) is 2.59. The van der Waals surface area contributed by atoms with Crippen molar-refractivity contribution in [3.8, 4) is 5.75 Å². The Balaban J connectivity index is 2.49. The van der Waals surface area contributed by atoms with Crippen LogP contribution in [-0.2, 0) is 0 Å². The average Bonchev–Trinajstić information content (AvgIpc) is 2.41. The summed E-state index contributed by atoms with van der Waals surface area (Å²) in [5.41, 5.74) is 1.01. The minimum absolute atomic E-state index is 0.132. The third-order valence-corrected chi connectivity index (χ3v) is 4.31. The molecular formula is C14H9Br2ClO2. The molecule has 0 aliphatic carbocycles. The molecule has 0 radical (unpaired) electrons. The van der Waals surface area contributed by atoms with E-state index in [1.54, 1.807) is 30.3 Å². The van der Waals surface area contributed by atoms with Crippen molar-refractivity contribution in [2.75, 3.05) is 7.11 Å². The van der Waals surface area contributed by atoms with Crippen molar-refractivity contribution >= 4 is 49.2 Å². The minimum Gasteiger partial charge on any atom is -0.496 e. The van der Waals surface area contributed by atoms with E-state index in [1.807, 2.05) is 6.07 Å². The number of rotatable bonds is 3. The van der Waals surface area contributed by atoms with Gasteiger partial charge in [0.05, 0.1) is 17.7 Å². The van der Waals surface area contributed by atoms with Crippen LogP contribution in [0.25, 0.3) is 0 Å². The zero-order valence-electron chi connectivity index (χ0n) is 9.91. The predicted molar refractivity (Wildman–Crippen MR) is 83.3 cm³/mol. The number of ether oxygens (including phenoxy) is 1. The Bertz CT molecular complexity index is 641. The highest BCUT2D eigenvalue weighted by molar-refractivity contribution is 9.10. The van der Waals surface area contributed by atoms with Gasteiger partial charge in [0, 0.05) is 14.5 Å². The van der Waals surface area contributed by atoms with Gasteiger partial charge in [-0.05, 0) is 52.3 Å². The number of hydrogen-bond donors (Lipinski definition) is 0. The van der Waals surface area contributed by atoms with E-state index in [2.05, 4.69) is 31.9 Å². The normalized spacial score (nSPS) is 10.3. The van der Waals surface area contributed by atoms with Gasteiger partial charge in [0.2, 0.25) is 0 Å². The van der Waals surface area contributed by atoms with Crippen LogP contribution < -0.4 is 4.74 Å². The zero-order valence-corrected chi connectivity index (χ0v) is 13.8. The maximum Gasteiger partial charge on any atom is 0.196 e. The third kappa shape index (κ3) is 3.19. The summed E-state index contributed by atoms with van der Waals surface area (Å²) in [6.45, 7) is 0. The van der Waals surface area contributed by atoms with E-state index in [-0.39, 0.29) is 5.78 Å². The summed E-state index contributed by atoms with van der Waals surface area (Å²) in [4.78, 5) is 12.5. The summed E-state index contributed by atoms with van der Waals surface area (Å²) in [6.07, 6.45) is 0. The lowest BCUT2D eigenvalue weighted by molar-refractivity contribution is 0.103. The molecule has 0 atom stereocenters. The van der Waals surface area contributed by atoms with Gasteiger partial charge in [-0.1, -0.05) is 27.5 Å². The lowest BCUT2D eigenvalue weighted by Gasteiger charge is -2.08. The first kappa shape index (κ1) is 14.6. The van der Waals surface area contributed by atoms with Crippen LogP contribution in [0.4, 0.5) is 0 Å².